The molecule has 2 aromatic rings. The first-order chi connectivity index (χ1) is 9.17. The van der Waals surface area contributed by atoms with Gasteiger partial charge in [0.1, 0.15) is 5.75 Å². The summed E-state index contributed by atoms with van der Waals surface area (Å²) in [7, 11) is 1.64. The molecule has 0 saturated heterocycles. The summed E-state index contributed by atoms with van der Waals surface area (Å²) in [5.41, 5.74) is 1.73. The number of rotatable bonds is 1. The number of carbonyl (C=O) groups excluding carboxylic acids is 1. The first-order valence-electron chi connectivity index (χ1n) is 5.85. The van der Waals surface area contributed by atoms with Crippen molar-refractivity contribution < 1.29 is 9.53 Å². The maximum Gasteiger partial charge on any atom is 0.168 e. The van der Waals surface area contributed by atoms with Gasteiger partial charge in [0.15, 0.2) is 5.78 Å². The Morgan fingerprint density at radius 3 is 2.79 bits per heavy atom. The molecule has 0 radical (unpaired) electrons. The lowest BCUT2D eigenvalue weighted by atomic mass is 10.0. The van der Waals surface area contributed by atoms with Crippen LogP contribution in [0.3, 0.4) is 0 Å². The van der Waals surface area contributed by atoms with E-state index in [2.05, 4.69) is 0 Å². The fourth-order valence-electron chi connectivity index (χ4n) is 2.10. The Hall–Kier alpha value is -1.45. The van der Waals surface area contributed by atoms with Crippen LogP contribution in [0, 0.1) is 0 Å². The van der Waals surface area contributed by atoms with Gasteiger partial charge in [-0.05, 0) is 35.9 Å². The van der Waals surface area contributed by atoms with Gasteiger partial charge in [-0.15, -0.1) is 0 Å². The molecular formula is C15H11ClO2S. The highest BCUT2D eigenvalue weighted by atomic mass is 35.5. The predicted molar refractivity (Wildman–Crippen MR) is 76.6 cm³/mol. The normalized spacial score (nSPS) is 13.5. The van der Waals surface area contributed by atoms with Crippen molar-refractivity contribution in [3.05, 3.63) is 52.5 Å². The number of hydrogen-bond donors (Lipinski definition) is 0. The van der Waals surface area contributed by atoms with Crippen LogP contribution in [0.1, 0.15) is 15.9 Å². The number of benzene rings is 2. The maximum atomic E-state index is 12.3. The summed E-state index contributed by atoms with van der Waals surface area (Å²) in [5, 5.41) is 0.594. The second-order valence-electron chi connectivity index (χ2n) is 4.32. The fraction of sp³-hybridized carbons (Fsp3) is 0.133. The number of fused-ring (bicyclic) bond motifs is 2. The lowest BCUT2D eigenvalue weighted by molar-refractivity contribution is 0.0990. The minimum Gasteiger partial charge on any atom is -0.497 e. The second-order valence-corrected chi connectivity index (χ2v) is 5.84. The van der Waals surface area contributed by atoms with Gasteiger partial charge in [0.05, 0.1) is 7.11 Å². The molecule has 1 heterocycles. The smallest absolute Gasteiger partial charge is 0.168 e. The Balaban J connectivity index is 2.13. The zero-order valence-electron chi connectivity index (χ0n) is 10.3. The molecule has 1 aliphatic heterocycles. The van der Waals surface area contributed by atoms with E-state index >= 15 is 0 Å². The molecule has 0 aliphatic carbocycles. The SMILES string of the molecule is COc1ccc2c(c1)Sc1ccc(Cl)cc1C(=O)C2. The van der Waals surface area contributed by atoms with Crippen molar-refractivity contribution in [3.63, 3.8) is 0 Å². The maximum absolute atomic E-state index is 12.3. The molecule has 0 spiro atoms. The van der Waals surface area contributed by atoms with Crippen molar-refractivity contribution in [2.45, 2.75) is 16.2 Å². The third-order valence-corrected chi connectivity index (χ3v) is 4.50. The number of halogens is 1. The summed E-state index contributed by atoms with van der Waals surface area (Å²) < 4.78 is 5.24. The van der Waals surface area contributed by atoms with E-state index < -0.39 is 0 Å². The van der Waals surface area contributed by atoms with Crippen molar-refractivity contribution in [1.82, 2.24) is 0 Å². The third-order valence-electron chi connectivity index (χ3n) is 3.09. The minimum atomic E-state index is 0.105. The van der Waals surface area contributed by atoms with E-state index in [1.54, 1.807) is 24.9 Å². The van der Waals surface area contributed by atoms with Crippen LogP contribution in [0.5, 0.6) is 5.75 Å². The highest BCUT2D eigenvalue weighted by molar-refractivity contribution is 7.99. The number of carbonyl (C=O) groups is 1. The van der Waals surface area contributed by atoms with Crippen LogP contribution in [-0.4, -0.2) is 12.9 Å². The molecule has 0 aromatic heterocycles. The Morgan fingerprint density at radius 2 is 2.00 bits per heavy atom. The molecule has 96 valence electrons. The van der Waals surface area contributed by atoms with Gasteiger partial charge in [-0.1, -0.05) is 29.4 Å². The lowest BCUT2D eigenvalue weighted by Gasteiger charge is -2.07. The monoisotopic (exact) mass is 290 g/mol. The van der Waals surface area contributed by atoms with E-state index in [4.69, 9.17) is 16.3 Å². The third kappa shape index (κ3) is 2.36. The van der Waals surface area contributed by atoms with Crippen LogP contribution in [0.15, 0.2) is 46.2 Å². The van der Waals surface area contributed by atoms with Crippen molar-refractivity contribution in [1.29, 1.82) is 0 Å². The zero-order chi connectivity index (χ0) is 13.4. The Morgan fingerprint density at radius 1 is 1.16 bits per heavy atom. The minimum absolute atomic E-state index is 0.105. The highest BCUT2D eigenvalue weighted by Crippen LogP contribution is 2.39. The van der Waals surface area contributed by atoms with Crippen molar-refractivity contribution in [2.24, 2.45) is 0 Å². The van der Waals surface area contributed by atoms with E-state index in [-0.39, 0.29) is 5.78 Å². The van der Waals surface area contributed by atoms with Crippen molar-refractivity contribution in [3.8, 4) is 5.75 Å². The van der Waals surface area contributed by atoms with Crippen molar-refractivity contribution >= 4 is 29.1 Å². The van der Waals surface area contributed by atoms with Gasteiger partial charge < -0.3 is 4.74 Å². The quantitative estimate of drug-likeness (QED) is 0.786. The Kier molecular flexibility index (Phi) is 3.25. The van der Waals surface area contributed by atoms with Gasteiger partial charge in [0.2, 0.25) is 0 Å². The van der Waals surface area contributed by atoms with Crippen LogP contribution in [0.25, 0.3) is 0 Å². The molecule has 4 heteroatoms. The molecule has 0 N–H and O–H groups in total. The second kappa shape index (κ2) is 4.91. The van der Waals surface area contributed by atoms with E-state index in [9.17, 15) is 4.79 Å². The van der Waals surface area contributed by atoms with Crippen LogP contribution in [-0.2, 0) is 6.42 Å². The van der Waals surface area contributed by atoms with E-state index in [0.717, 1.165) is 21.1 Å². The zero-order valence-corrected chi connectivity index (χ0v) is 11.8. The summed E-state index contributed by atoms with van der Waals surface area (Å²) in [6, 6.07) is 11.3. The average Bonchev–Trinajstić information content (AvgIpc) is 2.54. The topological polar surface area (TPSA) is 26.3 Å². The van der Waals surface area contributed by atoms with Gasteiger partial charge >= 0.3 is 0 Å². The number of ketones is 1. The van der Waals surface area contributed by atoms with E-state index in [1.807, 2.05) is 30.3 Å². The summed E-state index contributed by atoms with van der Waals surface area (Å²) in [6.07, 6.45) is 0.402. The largest absolute Gasteiger partial charge is 0.497 e. The van der Waals surface area contributed by atoms with E-state index in [1.165, 1.54) is 0 Å². The van der Waals surface area contributed by atoms with E-state index in [0.29, 0.717) is 17.0 Å². The summed E-state index contributed by atoms with van der Waals surface area (Å²) in [5.74, 6) is 0.907. The number of Topliss-reactive ketones (excluding diaryl/α,β-unsaturated/α-hetero) is 1. The lowest BCUT2D eigenvalue weighted by Crippen LogP contribution is -2.03. The first-order valence-corrected chi connectivity index (χ1v) is 7.04. The molecule has 0 bridgehead atoms. The molecule has 0 amide bonds. The molecule has 0 unspecified atom stereocenters. The number of methoxy groups -OCH3 is 1. The van der Waals surface area contributed by atoms with Crippen LogP contribution >= 0.6 is 23.4 Å². The van der Waals surface area contributed by atoms with Gasteiger partial charge in [-0.3, -0.25) is 4.79 Å². The Labute approximate surface area is 120 Å². The van der Waals surface area contributed by atoms with Gasteiger partial charge in [0.25, 0.3) is 0 Å². The molecular weight excluding hydrogens is 280 g/mol. The average molecular weight is 291 g/mol. The number of ether oxygens (including phenoxy) is 1. The molecule has 1 aliphatic rings. The summed E-state index contributed by atoms with van der Waals surface area (Å²) >= 11 is 7.56. The van der Waals surface area contributed by atoms with Gasteiger partial charge in [0, 0.05) is 26.8 Å². The fourth-order valence-corrected chi connectivity index (χ4v) is 3.37. The van der Waals surface area contributed by atoms with Crippen LogP contribution in [0.4, 0.5) is 0 Å². The van der Waals surface area contributed by atoms with Crippen LogP contribution in [0.2, 0.25) is 5.02 Å². The van der Waals surface area contributed by atoms with Crippen LogP contribution < -0.4 is 4.74 Å². The number of hydrogen-bond acceptors (Lipinski definition) is 3. The molecule has 3 rings (SSSR count). The van der Waals surface area contributed by atoms with Crippen molar-refractivity contribution in [2.75, 3.05) is 7.11 Å². The highest BCUT2D eigenvalue weighted by Gasteiger charge is 2.21. The standard InChI is InChI=1S/C15H11ClO2S/c1-18-11-4-2-9-6-13(17)12-7-10(16)3-5-14(12)19-15(9)8-11/h2-5,7-8H,6H2,1H3. The molecule has 2 nitrogen and oxygen atoms in total. The predicted octanol–water partition coefficient (Wildman–Crippen LogP) is 4.24. The molecule has 0 fully saturated rings. The van der Waals surface area contributed by atoms with Gasteiger partial charge in [-0.2, -0.15) is 0 Å². The van der Waals surface area contributed by atoms with Gasteiger partial charge in [-0.25, -0.2) is 0 Å². The summed E-state index contributed by atoms with van der Waals surface area (Å²) in [4.78, 5) is 14.3. The Bertz CT molecular complexity index is 667. The first kappa shape index (κ1) is 12.6. The molecule has 0 saturated carbocycles. The molecule has 2 aromatic carbocycles. The summed E-state index contributed by atoms with van der Waals surface area (Å²) in [6.45, 7) is 0. The molecule has 19 heavy (non-hydrogen) atoms. The molecule has 0 atom stereocenters.